The van der Waals surface area contributed by atoms with Gasteiger partial charge in [-0.3, -0.25) is 19.9 Å². The summed E-state index contributed by atoms with van der Waals surface area (Å²) < 4.78 is 5.06. The number of furan rings is 1. The number of nitrogens with zero attached hydrogens (tertiary/aromatic N) is 2. The van der Waals surface area contributed by atoms with Gasteiger partial charge in [-0.15, -0.1) is 11.3 Å². The molecule has 28 heavy (non-hydrogen) atoms. The largest absolute Gasteiger partial charge is 0.459 e. The van der Waals surface area contributed by atoms with Gasteiger partial charge in [0.15, 0.2) is 10.9 Å². The quantitative estimate of drug-likeness (QED) is 0.529. The Bertz CT molecular complexity index is 1110. The Hall–Kier alpha value is -3.78. The molecule has 0 unspecified atom stereocenters. The molecular formula is C20H14N4O3S. The fourth-order valence-corrected chi connectivity index (χ4v) is 3.20. The third kappa shape index (κ3) is 3.97. The second-order valence-electron chi connectivity index (χ2n) is 5.75. The maximum Gasteiger partial charge on any atom is 0.291 e. The van der Waals surface area contributed by atoms with Crippen molar-refractivity contribution >= 4 is 34.0 Å². The van der Waals surface area contributed by atoms with E-state index in [1.165, 1.54) is 17.6 Å². The van der Waals surface area contributed by atoms with E-state index < -0.39 is 0 Å². The molecule has 0 fully saturated rings. The smallest absolute Gasteiger partial charge is 0.291 e. The molecule has 4 aromatic rings. The summed E-state index contributed by atoms with van der Waals surface area (Å²) in [6, 6.07) is 13.6. The zero-order valence-electron chi connectivity index (χ0n) is 14.5. The third-order valence-electron chi connectivity index (χ3n) is 3.81. The molecule has 0 aliphatic carbocycles. The highest BCUT2D eigenvalue weighted by Crippen LogP contribution is 2.24. The van der Waals surface area contributed by atoms with E-state index in [9.17, 15) is 9.59 Å². The topological polar surface area (TPSA) is 97.1 Å². The maximum absolute atomic E-state index is 12.5. The molecule has 2 N–H and O–H groups in total. The molecule has 0 atom stereocenters. The SMILES string of the molecule is O=C(Nc1nc(-c2cccnc2)cs1)c1cccc(NC(=O)c2ccco2)c1. The van der Waals surface area contributed by atoms with Crippen molar-refractivity contribution in [2.24, 2.45) is 0 Å². The van der Waals surface area contributed by atoms with Gasteiger partial charge in [0.05, 0.1) is 12.0 Å². The lowest BCUT2D eigenvalue weighted by Gasteiger charge is -2.06. The Morgan fingerprint density at radius 1 is 1.00 bits per heavy atom. The van der Waals surface area contributed by atoms with Crippen molar-refractivity contribution in [1.82, 2.24) is 9.97 Å². The summed E-state index contributed by atoms with van der Waals surface area (Å²) in [4.78, 5) is 33.1. The molecule has 3 aromatic heterocycles. The first-order valence-corrected chi connectivity index (χ1v) is 9.19. The molecule has 1 aromatic carbocycles. The van der Waals surface area contributed by atoms with Crippen LogP contribution in [-0.2, 0) is 0 Å². The van der Waals surface area contributed by atoms with Gasteiger partial charge < -0.3 is 9.73 Å². The van der Waals surface area contributed by atoms with Gasteiger partial charge in [0.25, 0.3) is 11.8 Å². The maximum atomic E-state index is 12.5. The number of carbonyl (C=O) groups is 2. The van der Waals surface area contributed by atoms with Gasteiger partial charge in [-0.2, -0.15) is 0 Å². The first-order valence-electron chi connectivity index (χ1n) is 8.31. The number of nitrogens with one attached hydrogen (secondary N) is 2. The number of thiazole rings is 1. The van der Waals surface area contributed by atoms with E-state index in [1.54, 1.807) is 48.8 Å². The number of hydrogen-bond donors (Lipinski definition) is 2. The average Bonchev–Trinajstić information content (AvgIpc) is 3.41. The van der Waals surface area contributed by atoms with Gasteiger partial charge >= 0.3 is 0 Å². The van der Waals surface area contributed by atoms with E-state index in [-0.39, 0.29) is 17.6 Å². The van der Waals surface area contributed by atoms with E-state index in [4.69, 9.17) is 4.42 Å². The van der Waals surface area contributed by atoms with Crippen molar-refractivity contribution in [3.8, 4) is 11.3 Å². The third-order valence-corrected chi connectivity index (χ3v) is 4.57. The molecule has 8 heteroatoms. The molecule has 0 saturated heterocycles. The van der Waals surface area contributed by atoms with Gasteiger partial charge in [-0.25, -0.2) is 4.98 Å². The van der Waals surface area contributed by atoms with Crippen LogP contribution in [0.3, 0.4) is 0 Å². The van der Waals surface area contributed by atoms with Crippen molar-refractivity contribution in [3.05, 3.63) is 83.9 Å². The van der Waals surface area contributed by atoms with Crippen LogP contribution in [0.1, 0.15) is 20.9 Å². The van der Waals surface area contributed by atoms with Crippen molar-refractivity contribution < 1.29 is 14.0 Å². The first kappa shape index (κ1) is 17.6. The fourth-order valence-electron chi connectivity index (χ4n) is 2.49. The Kier molecular flexibility index (Phi) is 4.94. The van der Waals surface area contributed by atoms with Gasteiger partial charge in [0, 0.05) is 34.6 Å². The monoisotopic (exact) mass is 390 g/mol. The van der Waals surface area contributed by atoms with Crippen molar-refractivity contribution in [2.45, 2.75) is 0 Å². The van der Waals surface area contributed by atoms with E-state index in [1.807, 2.05) is 17.5 Å². The lowest BCUT2D eigenvalue weighted by atomic mass is 10.2. The van der Waals surface area contributed by atoms with Crippen LogP contribution in [0, 0.1) is 0 Å². The predicted molar refractivity (Wildman–Crippen MR) is 106 cm³/mol. The molecule has 0 spiro atoms. The number of amides is 2. The molecule has 3 heterocycles. The highest BCUT2D eigenvalue weighted by molar-refractivity contribution is 7.14. The van der Waals surface area contributed by atoms with Crippen LogP contribution in [0.4, 0.5) is 10.8 Å². The number of benzene rings is 1. The minimum Gasteiger partial charge on any atom is -0.459 e. The van der Waals surface area contributed by atoms with Gasteiger partial charge in [0.2, 0.25) is 0 Å². The van der Waals surface area contributed by atoms with Crippen LogP contribution in [0.2, 0.25) is 0 Å². The fraction of sp³-hybridized carbons (Fsp3) is 0. The van der Waals surface area contributed by atoms with E-state index >= 15 is 0 Å². The van der Waals surface area contributed by atoms with E-state index in [2.05, 4.69) is 20.6 Å². The van der Waals surface area contributed by atoms with Crippen LogP contribution in [-0.4, -0.2) is 21.8 Å². The van der Waals surface area contributed by atoms with Crippen LogP contribution < -0.4 is 10.6 Å². The standard InChI is InChI=1S/C20H14N4O3S/c25-18(24-20-23-16(12-28-20)14-5-2-8-21-11-14)13-4-1-6-15(10-13)22-19(26)17-7-3-9-27-17/h1-12H,(H,22,26)(H,23,24,25). The first-order chi connectivity index (χ1) is 13.7. The highest BCUT2D eigenvalue weighted by Gasteiger charge is 2.13. The van der Waals surface area contributed by atoms with E-state index in [0.717, 1.165) is 11.3 Å². The summed E-state index contributed by atoms with van der Waals surface area (Å²) in [5.74, 6) is -0.509. The molecule has 0 bridgehead atoms. The molecule has 0 aliphatic rings. The molecule has 0 saturated carbocycles. The summed E-state index contributed by atoms with van der Waals surface area (Å²) in [6.45, 7) is 0. The zero-order chi connectivity index (χ0) is 19.3. The van der Waals surface area contributed by atoms with Gasteiger partial charge in [-0.05, 0) is 42.5 Å². The van der Waals surface area contributed by atoms with Crippen LogP contribution >= 0.6 is 11.3 Å². The molecule has 7 nitrogen and oxygen atoms in total. The number of pyridine rings is 1. The number of anilines is 2. The summed E-state index contributed by atoms with van der Waals surface area (Å²) >= 11 is 1.33. The van der Waals surface area contributed by atoms with Crippen molar-refractivity contribution in [1.29, 1.82) is 0 Å². The molecule has 4 rings (SSSR count). The number of rotatable bonds is 5. The molecule has 2 amide bonds. The number of aromatic nitrogens is 2. The number of carbonyl (C=O) groups excluding carboxylic acids is 2. The van der Waals surface area contributed by atoms with Gasteiger partial charge in [0.1, 0.15) is 0 Å². The summed E-state index contributed by atoms with van der Waals surface area (Å²) in [7, 11) is 0. The summed E-state index contributed by atoms with van der Waals surface area (Å²) in [6.07, 6.45) is 4.83. The van der Waals surface area contributed by atoms with Crippen molar-refractivity contribution in [2.75, 3.05) is 10.6 Å². The Balaban J connectivity index is 1.45. The zero-order valence-corrected chi connectivity index (χ0v) is 15.3. The molecule has 0 radical (unpaired) electrons. The lowest BCUT2D eigenvalue weighted by Crippen LogP contribution is -2.14. The highest BCUT2D eigenvalue weighted by atomic mass is 32.1. The Morgan fingerprint density at radius 2 is 1.93 bits per heavy atom. The van der Waals surface area contributed by atoms with Gasteiger partial charge in [-0.1, -0.05) is 6.07 Å². The normalized spacial score (nSPS) is 10.4. The molecule has 0 aliphatic heterocycles. The van der Waals surface area contributed by atoms with Crippen molar-refractivity contribution in [3.63, 3.8) is 0 Å². The van der Waals surface area contributed by atoms with E-state index in [0.29, 0.717) is 16.4 Å². The van der Waals surface area contributed by atoms with Crippen LogP contribution in [0.25, 0.3) is 11.3 Å². The lowest BCUT2D eigenvalue weighted by molar-refractivity contribution is 0.0993. The molecule has 138 valence electrons. The second kappa shape index (κ2) is 7.85. The predicted octanol–water partition coefficient (Wildman–Crippen LogP) is 4.30. The average molecular weight is 390 g/mol. The number of hydrogen-bond acceptors (Lipinski definition) is 6. The Morgan fingerprint density at radius 3 is 2.71 bits per heavy atom. The van der Waals surface area contributed by atoms with Crippen LogP contribution in [0.15, 0.2) is 77.0 Å². The second-order valence-corrected chi connectivity index (χ2v) is 6.60. The Labute approximate surface area is 164 Å². The summed E-state index contributed by atoms with van der Waals surface area (Å²) in [5, 5.41) is 7.80. The minimum atomic E-state index is -0.386. The summed E-state index contributed by atoms with van der Waals surface area (Å²) in [5.41, 5.74) is 2.51. The minimum absolute atomic E-state index is 0.195. The molecular weight excluding hydrogens is 376 g/mol. The van der Waals surface area contributed by atoms with Crippen LogP contribution in [0.5, 0.6) is 0 Å².